The number of carbonyl (C=O) groups is 1. The van der Waals surface area contributed by atoms with Crippen LogP contribution in [0.1, 0.15) is 98.2 Å². The molecule has 2 aromatic carbocycles. The summed E-state index contributed by atoms with van der Waals surface area (Å²) < 4.78 is 0. The fourth-order valence-electron chi connectivity index (χ4n) is 3.89. The van der Waals surface area contributed by atoms with Crippen LogP contribution in [0.4, 0.5) is 0 Å². The van der Waals surface area contributed by atoms with E-state index in [4.69, 9.17) is 0 Å². The maximum atomic E-state index is 11.4. The second kappa shape index (κ2) is 13.0. The highest BCUT2D eigenvalue weighted by Gasteiger charge is 2.17. The zero-order valence-electron chi connectivity index (χ0n) is 17.8. The molecule has 0 spiro atoms. The minimum atomic E-state index is -1.08. The molecule has 0 radical (unpaired) electrons. The van der Waals surface area contributed by atoms with E-state index in [0.717, 1.165) is 29.5 Å². The molecule has 0 saturated carbocycles. The third-order valence-corrected chi connectivity index (χ3v) is 5.63. The molecule has 0 aliphatic carbocycles. The third-order valence-electron chi connectivity index (χ3n) is 5.63. The van der Waals surface area contributed by atoms with Crippen molar-refractivity contribution in [2.75, 3.05) is 0 Å². The fraction of sp³-hybridized carbons (Fsp3) is 0.500. The van der Waals surface area contributed by atoms with E-state index in [1.807, 2.05) is 36.4 Å². The van der Waals surface area contributed by atoms with E-state index >= 15 is 0 Å². The topological polar surface area (TPSA) is 57.5 Å². The van der Waals surface area contributed by atoms with Crippen LogP contribution < -0.4 is 0 Å². The molecule has 2 rings (SSSR count). The van der Waals surface area contributed by atoms with Gasteiger partial charge in [-0.25, -0.2) is 4.79 Å². The van der Waals surface area contributed by atoms with Gasteiger partial charge in [0.25, 0.3) is 0 Å². The van der Waals surface area contributed by atoms with Crippen LogP contribution in [0.5, 0.6) is 5.75 Å². The summed E-state index contributed by atoms with van der Waals surface area (Å²) in [4.78, 5) is 11.4. The molecule has 0 bridgehead atoms. The van der Waals surface area contributed by atoms with E-state index in [2.05, 4.69) is 6.92 Å². The molecular formula is C26H36O3. The molecule has 158 valence electrons. The molecule has 29 heavy (non-hydrogen) atoms. The molecule has 0 aliphatic rings. The van der Waals surface area contributed by atoms with Crippen LogP contribution in [-0.4, -0.2) is 16.2 Å². The number of aromatic carboxylic acids is 1. The number of carboxylic acids is 1. The second-order valence-electron chi connectivity index (χ2n) is 8.00. The van der Waals surface area contributed by atoms with Crippen molar-refractivity contribution in [2.45, 2.75) is 84.0 Å². The van der Waals surface area contributed by atoms with Gasteiger partial charge >= 0.3 is 5.97 Å². The van der Waals surface area contributed by atoms with Crippen LogP contribution in [0.25, 0.3) is 0 Å². The molecule has 2 N–H and O–H groups in total. The Bertz CT molecular complexity index is 737. The molecular weight excluding hydrogens is 360 g/mol. The number of hydrogen-bond donors (Lipinski definition) is 2. The average Bonchev–Trinajstić information content (AvgIpc) is 2.72. The first-order valence-electron chi connectivity index (χ1n) is 11.2. The largest absolute Gasteiger partial charge is 0.507 e. The van der Waals surface area contributed by atoms with Gasteiger partial charge in [0.1, 0.15) is 11.3 Å². The predicted molar refractivity (Wildman–Crippen MR) is 120 cm³/mol. The fourth-order valence-corrected chi connectivity index (χ4v) is 3.89. The lowest BCUT2D eigenvalue weighted by Gasteiger charge is -2.14. The number of aromatic hydroxyl groups is 1. The molecule has 3 nitrogen and oxygen atoms in total. The van der Waals surface area contributed by atoms with Gasteiger partial charge in [0.05, 0.1) is 0 Å². The first-order chi connectivity index (χ1) is 14.1. The molecule has 0 aromatic heterocycles. The van der Waals surface area contributed by atoms with Crippen LogP contribution in [-0.2, 0) is 12.8 Å². The smallest absolute Gasteiger partial charge is 0.339 e. The summed E-state index contributed by atoms with van der Waals surface area (Å²) in [6.45, 7) is 2.25. The lowest BCUT2D eigenvalue weighted by molar-refractivity contribution is 0.0693. The summed E-state index contributed by atoms with van der Waals surface area (Å²) in [5.41, 5.74) is 2.89. The predicted octanol–water partition coefficient (Wildman–Crippen LogP) is 7.14. The Kier molecular flexibility index (Phi) is 10.3. The van der Waals surface area contributed by atoms with Crippen LogP contribution >= 0.6 is 0 Å². The Morgan fingerprint density at radius 2 is 1.38 bits per heavy atom. The van der Waals surface area contributed by atoms with Gasteiger partial charge in [-0.15, -0.1) is 0 Å². The van der Waals surface area contributed by atoms with Gasteiger partial charge in [0.15, 0.2) is 0 Å². The van der Waals surface area contributed by atoms with Gasteiger partial charge in [-0.3, -0.25) is 0 Å². The highest BCUT2D eigenvalue weighted by Crippen LogP contribution is 2.30. The van der Waals surface area contributed by atoms with Gasteiger partial charge in [-0.05, 0) is 30.0 Å². The van der Waals surface area contributed by atoms with Crippen molar-refractivity contribution in [3.63, 3.8) is 0 Å². The standard InChI is InChI=1S/C26H36O3/c1-2-3-4-5-6-7-8-9-10-14-17-22-18-19-23(26(28)29)25(27)24(22)20-21-15-12-11-13-16-21/h11-13,15-16,18-19,27H,2-10,14,17,20H2,1H3,(H,28,29). The van der Waals surface area contributed by atoms with E-state index in [-0.39, 0.29) is 11.3 Å². The number of carboxylic acid groups (broad SMARTS) is 1. The molecule has 0 atom stereocenters. The quantitative estimate of drug-likeness (QED) is 0.333. The van der Waals surface area contributed by atoms with Crippen molar-refractivity contribution >= 4 is 5.97 Å². The van der Waals surface area contributed by atoms with Gasteiger partial charge in [0.2, 0.25) is 0 Å². The van der Waals surface area contributed by atoms with Crippen LogP contribution in [0, 0.1) is 0 Å². The highest BCUT2D eigenvalue weighted by molar-refractivity contribution is 5.91. The van der Waals surface area contributed by atoms with Gasteiger partial charge in [0, 0.05) is 12.0 Å². The lowest BCUT2D eigenvalue weighted by Crippen LogP contribution is -2.04. The maximum Gasteiger partial charge on any atom is 0.339 e. The molecule has 0 fully saturated rings. The monoisotopic (exact) mass is 396 g/mol. The van der Waals surface area contributed by atoms with Gasteiger partial charge in [-0.1, -0.05) is 101 Å². The zero-order valence-corrected chi connectivity index (χ0v) is 17.8. The number of benzene rings is 2. The molecule has 2 aromatic rings. The van der Waals surface area contributed by atoms with Crippen molar-refractivity contribution in [3.05, 3.63) is 64.7 Å². The number of hydrogen-bond acceptors (Lipinski definition) is 2. The molecule has 0 aliphatic heterocycles. The Hall–Kier alpha value is -2.29. The molecule has 0 saturated heterocycles. The summed E-state index contributed by atoms with van der Waals surface area (Å²) in [6.07, 6.45) is 14.3. The summed E-state index contributed by atoms with van der Waals surface area (Å²) >= 11 is 0. The summed E-state index contributed by atoms with van der Waals surface area (Å²) in [6, 6.07) is 13.3. The molecule has 3 heteroatoms. The van der Waals surface area contributed by atoms with Crippen molar-refractivity contribution in [1.29, 1.82) is 0 Å². The van der Waals surface area contributed by atoms with E-state index in [0.29, 0.717) is 6.42 Å². The van der Waals surface area contributed by atoms with Crippen molar-refractivity contribution < 1.29 is 15.0 Å². The number of phenols is 1. The maximum absolute atomic E-state index is 11.4. The van der Waals surface area contributed by atoms with Gasteiger partial charge in [-0.2, -0.15) is 0 Å². The average molecular weight is 397 g/mol. The van der Waals surface area contributed by atoms with Crippen molar-refractivity contribution in [2.24, 2.45) is 0 Å². The van der Waals surface area contributed by atoms with E-state index in [1.165, 1.54) is 63.9 Å². The number of unbranched alkanes of at least 4 members (excludes halogenated alkanes) is 9. The Morgan fingerprint density at radius 1 is 0.793 bits per heavy atom. The lowest BCUT2D eigenvalue weighted by atomic mass is 9.93. The van der Waals surface area contributed by atoms with E-state index in [9.17, 15) is 15.0 Å². The number of aryl methyl sites for hydroxylation is 1. The summed E-state index contributed by atoms with van der Waals surface area (Å²) in [5, 5.41) is 19.9. The first-order valence-corrected chi connectivity index (χ1v) is 11.2. The minimum Gasteiger partial charge on any atom is -0.507 e. The minimum absolute atomic E-state index is 0.0113. The third kappa shape index (κ3) is 7.92. The number of rotatable bonds is 14. The van der Waals surface area contributed by atoms with Crippen LogP contribution in [0.15, 0.2) is 42.5 Å². The van der Waals surface area contributed by atoms with Crippen molar-refractivity contribution in [3.8, 4) is 5.75 Å². The Labute approximate surface area is 175 Å². The van der Waals surface area contributed by atoms with E-state index < -0.39 is 5.97 Å². The molecule has 0 amide bonds. The highest BCUT2D eigenvalue weighted by atomic mass is 16.4. The summed E-state index contributed by atoms with van der Waals surface area (Å²) in [7, 11) is 0. The Morgan fingerprint density at radius 3 is 1.97 bits per heavy atom. The SMILES string of the molecule is CCCCCCCCCCCCc1ccc(C(=O)O)c(O)c1Cc1ccccc1. The second-order valence-corrected chi connectivity index (χ2v) is 8.00. The van der Waals surface area contributed by atoms with Crippen LogP contribution in [0.2, 0.25) is 0 Å². The van der Waals surface area contributed by atoms with E-state index in [1.54, 1.807) is 0 Å². The Balaban J connectivity index is 1.87. The van der Waals surface area contributed by atoms with Gasteiger partial charge < -0.3 is 10.2 Å². The zero-order chi connectivity index (χ0) is 20.9. The molecule has 0 unspecified atom stereocenters. The summed E-state index contributed by atoms with van der Waals surface area (Å²) in [5.74, 6) is -1.16. The molecule has 0 heterocycles. The van der Waals surface area contributed by atoms with Crippen molar-refractivity contribution in [1.82, 2.24) is 0 Å². The van der Waals surface area contributed by atoms with Crippen LogP contribution in [0.3, 0.4) is 0 Å². The normalized spacial score (nSPS) is 10.9. The first kappa shape index (κ1) is 23.0.